The topological polar surface area (TPSA) is 98.1 Å². The van der Waals surface area contributed by atoms with Crippen LogP contribution in [0.3, 0.4) is 0 Å². The first-order valence-corrected chi connectivity index (χ1v) is 6.44. The van der Waals surface area contributed by atoms with Crippen LogP contribution >= 0.6 is 19.4 Å². The average Bonchev–Trinajstić information content (AvgIpc) is 2.31. The van der Waals surface area contributed by atoms with Gasteiger partial charge in [0.05, 0.1) is 0 Å². The number of hydrogen-bond acceptors (Lipinski definition) is 4. The van der Waals surface area contributed by atoms with Crippen molar-refractivity contribution in [2.24, 2.45) is 0 Å². The van der Waals surface area contributed by atoms with E-state index in [0.29, 0.717) is 11.6 Å². The smallest absolute Gasteiger partial charge is 0.339 e. The highest BCUT2D eigenvalue weighted by atomic mass is 32.2. The van der Waals surface area contributed by atoms with E-state index in [1.165, 1.54) is 16.7 Å². The molecule has 1 fully saturated rings. The number of thioether (sulfide) groups is 1. The molecule has 0 aliphatic carbocycles. The van der Waals surface area contributed by atoms with Gasteiger partial charge in [0.2, 0.25) is 0 Å². The van der Waals surface area contributed by atoms with E-state index >= 15 is 0 Å². The number of rotatable bonds is 3. The molecule has 0 aromatic carbocycles. The van der Waals surface area contributed by atoms with Crippen molar-refractivity contribution in [3.63, 3.8) is 0 Å². The summed E-state index contributed by atoms with van der Waals surface area (Å²) in [5.41, 5.74) is 0. The highest BCUT2D eigenvalue weighted by Crippen LogP contribution is 2.38. The molecular formula is C5H10NO5PS. The van der Waals surface area contributed by atoms with Crippen LogP contribution in [0.15, 0.2) is 0 Å². The first-order valence-electron chi connectivity index (χ1n) is 3.49. The van der Waals surface area contributed by atoms with Gasteiger partial charge in [-0.05, 0) is 0 Å². The van der Waals surface area contributed by atoms with Crippen molar-refractivity contribution in [1.29, 1.82) is 0 Å². The fourth-order valence-corrected chi connectivity index (χ4v) is 3.17. The second kappa shape index (κ2) is 3.98. The highest BCUT2D eigenvalue weighted by Gasteiger charge is 2.34. The van der Waals surface area contributed by atoms with E-state index < -0.39 is 25.9 Å². The summed E-state index contributed by atoms with van der Waals surface area (Å²) in [5.74, 6) is -0.282. The van der Waals surface area contributed by atoms with Gasteiger partial charge in [0.25, 0.3) is 0 Å². The predicted octanol–water partition coefficient (Wildman–Crippen LogP) is -0.419. The summed E-state index contributed by atoms with van der Waals surface area (Å²) in [4.78, 5) is 29.2. The molecule has 1 aliphatic rings. The van der Waals surface area contributed by atoms with Crippen LogP contribution in [0.25, 0.3) is 0 Å². The minimum absolute atomic E-state index is 0.363. The van der Waals surface area contributed by atoms with Crippen molar-refractivity contribution in [3.8, 4) is 0 Å². The van der Waals surface area contributed by atoms with Crippen LogP contribution in [0.2, 0.25) is 0 Å². The molecule has 0 aromatic rings. The quantitative estimate of drug-likeness (QED) is 0.563. The van der Waals surface area contributed by atoms with Gasteiger partial charge in [0.15, 0.2) is 0 Å². The van der Waals surface area contributed by atoms with Crippen LogP contribution in [0.4, 0.5) is 0 Å². The molecule has 13 heavy (non-hydrogen) atoms. The summed E-state index contributed by atoms with van der Waals surface area (Å²) < 4.78 is 10.6. The molecule has 0 unspecified atom stereocenters. The molecule has 0 spiro atoms. The summed E-state index contributed by atoms with van der Waals surface area (Å²) in [5, 5.41) is 8.67. The molecule has 0 saturated carbocycles. The minimum Gasteiger partial charge on any atom is -0.480 e. The van der Waals surface area contributed by atoms with Gasteiger partial charge in [-0.15, -0.1) is 11.8 Å². The molecular weight excluding hydrogens is 217 g/mol. The molecule has 3 N–H and O–H groups in total. The SMILES string of the molecule is O=C(O)[C@@H]1CSCN1CP(=O)(O)O. The second-order valence-electron chi connectivity index (χ2n) is 2.75. The lowest BCUT2D eigenvalue weighted by Gasteiger charge is -2.19. The van der Waals surface area contributed by atoms with Gasteiger partial charge in [-0.3, -0.25) is 14.3 Å². The van der Waals surface area contributed by atoms with Crippen LogP contribution < -0.4 is 0 Å². The van der Waals surface area contributed by atoms with Crippen molar-refractivity contribution < 1.29 is 24.3 Å². The van der Waals surface area contributed by atoms with Gasteiger partial charge in [0.1, 0.15) is 12.3 Å². The lowest BCUT2D eigenvalue weighted by Crippen LogP contribution is -2.38. The number of aliphatic carboxylic acids is 1. The summed E-state index contributed by atoms with van der Waals surface area (Å²) in [6, 6.07) is -0.766. The Labute approximate surface area is 79.1 Å². The van der Waals surface area contributed by atoms with Crippen molar-refractivity contribution >= 4 is 25.3 Å². The second-order valence-corrected chi connectivity index (χ2v) is 5.36. The largest absolute Gasteiger partial charge is 0.480 e. The molecule has 0 bridgehead atoms. The number of carbonyl (C=O) groups is 1. The molecule has 1 rings (SSSR count). The third kappa shape index (κ3) is 3.28. The maximum absolute atomic E-state index is 10.6. The van der Waals surface area contributed by atoms with Crippen molar-refractivity contribution in [2.45, 2.75) is 6.04 Å². The third-order valence-corrected chi connectivity index (χ3v) is 3.42. The van der Waals surface area contributed by atoms with E-state index in [1.54, 1.807) is 0 Å². The number of carboxylic acid groups (broad SMARTS) is 1. The zero-order valence-electron chi connectivity index (χ0n) is 6.66. The zero-order chi connectivity index (χ0) is 10.1. The fourth-order valence-electron chi connectivity index (χ4n) is 1.08. The normalized spacial score (nSPS) is 24.9. The first kappa shape index (κ1) is 11.0. The van der Waals surface area contributed by atoms with Crippen molar-refractivity contribution in [1.82, 2.24) is 4.90 Å². The first-order chi connectivity index (χ1) is 5.90. The van der Waals surface area contributed by atoms with E-state index in [2.05, 4.69) is 0 Å². The van der Waals surface area contributed by atoms with Gasteiger partial charge >= 0.3 is 13.6 Å². The van der Waals surface area contributed by atoms with Crippen molar-refractivity contribution in [2.75, 3.05) is 17.9 Å². The zero-order valence-corrected chi connectivity index (χ0v) is 8.37. The molecule has 1 atom stereocenters. The van der Waals surface area contributed by atoms with Gasteiger partial charge < -0.3 is 14.9 Å². The standard InChI is InChI=1S/C5H10NO5PS/c7-5(8)4-1-13-3-6(4)2-12(9,10)11/h4H,1-3H2,(H,7,8)(H2,9,10,11)/t4-/m0/s1. The highest BCUT2D eigenvalue weighted by molar-refractivity contribution is 7.99. The van der Waals surface area contributed by atoms with Crippen LogP contribution in [-0.2, 0) is 9.36 Å². The fraction of sp³-hybridized carbons (Fsp3) is 0.800. The summed E-state index contributed by atoms with van der Waals surface area (Å²) >= 11 is 1.36. The molecule has 0 radical (unpaired) electrons. The Morgan fingerprint density at radius 3 is 2.69 bits per heavy atom. The van der Waals surface area contributed by atoms with Gasteiger partial charge in [-0.1, -0.05) is 0 Å². The molecule has 0 amide bonds. The average molecular weight is 227 g/mol. The Hall–Kier alpha value is -0.0700. The van der Waals surface area contributed by atoms with E-state index in [1.807, 2.05) is 0 Å². The number of carboxylic acids is 1. The number of nitrogens with zero attached hydrogens (tertiary/aromatic N) is 1. The van der Waals surface area contributed by atoms with Crippen molar-refractivity contribution in [3.05, 3.63) is 0 Å². The molecule has 1 heterocycles. The van der Waals surface area contributed by atoms with Crippen LogP contribution in [0, 0.1) is 0 Å². The van der Waals surface area contributed by atoms with E-state index in [-0.39, 0.29) is 0 Å². The van der Waals surface area contributed by atoms with Gasteiger partial charge in [-0.2, -0.15) is 0 Å². The van der Waals surface area contributed by atoms with E-state index in [0.717, 1.165) is 0 Å². The molecule has 0 aromatic heterocycles. The molecule has 1 aliphatic heterocycles. The minimum atomic E-state index is -4.14. The molecule has 8 heteroatoms. The summed E-state index contributed by atoms with van der Waals surface area (Å²) in [7, 11) is -4.14. The molecule has 76 valence electrons. The Kier molecular flexibility index (Phi) is 3.37. The van der Waals surface area contributed by atoms with Gasteiger partial charge in [0, 0.05) is 11.6 Å². The lowest BCUT2D eigenvalue weighted by atomic mass is 10.3. The lowest BCUT2D eigenvalue weighted by molar-refractivity contribution is -0.141. The molecule has 6 nitrogen and oxygen atoms in total. The van der Waals surface area contributed by atoms with Crippen LogP contribution in [-0.4, -0.2) is 49.7 Å². The Morgan fingerprint density at radius 1 is 1.62 bits per heavy atom. The summed E-state index contributed by atoms with van der Waals surface area (Å²) in [6.45, 7) is 0. The Bertz CT molecular complexity index is 253. The summed E-state index contributed by atoms with van der Waals surface area (Å²) in [6.07, 6.45) is -0.475. The van der Waals surface area contributed by atoms with Gasteiger partial charge in [-0.25, -0.2) is 0 Å². The van der Waals surface area contributed by atoms with Crippen LogP contribution in [0.5, 0.6) is 0 Å². The van der Waals surface area contributed by atoms with Crippen LogP contribution in [0.1, 0.15) is 0 Å². The maximum atomic E-state index is 10.6. The van der Waals surface area contributed by atoms with E-state index in [9.17, 15) is 9.36 Å². The maximum Gasteiger partial charge on any atom is 0.339 e. The Balaban J connectivity index is 2.59. The Morgan fingerprint density at radius 2 is 2.23 bits per heavy atom. The molecule has 1 saturated heterocycles. The van der Waals surface area contributed by atoms with E-state index in [4.69, 9.17) is 14.9 Å². The number of hydrogen-bond donors (Lipinski definition) is 3. The predicted molar refractivity (Wildman–Crippen MR) is 47.5 cm³/mol. The monoisotopic (exact) mass is 227 g/mol. The third-order valence-electron chi connectivity index (χ3n) is 1.62.